The van der Waals surface area contributed by atoms with Gasteiger partial charge < -0.3 is 15.5 Å². The Morgan fingerprint density at radius 2 is 2.05 bits per heavy atom. The number of rotatable bonds is 3. The van der Waals surface area contributed by atoms with Crippen molar-refractivity contribution in [1.29, 1.82) is 5.26 Å². The fraction of sp³-hybridized carbons (Fsp3) is 0.500. The average molecular weight is 316 g/mol. The van der Waals surface area contributed by atoms with E-state index in [2.05, 4.69) is 16.7 Å². The molecule has 2 heterocycles. The van der Waals surface area contributed by atoms with Crippen molar-refractivity contribution in [3.8, 4) is 6.07 Å². The first kappa shape index (κ1) is 15.2. The highest BCUT2D eigenvalue weighted by Crippen LogP contribution is 2.18. The molecule has 6 heteroatoms. The maximum Gasteiger partial charge on any atom is 0.239 e. The number of carbonyl (C=O) groups excluding carboxylic acids is 1. The van der Waals surface area contributed by atoms with Crippen LogP contribution in [0, 0.1) is 11.3 Å². The third kappa shape index (κ3) is 3.54. The second kappa shape index (κ2) is 7.03. The molecule has 1 aromatic rings. The zero-order valence-corrected chi connectivity index (χ0v) is 13.2. The molecule has 0 bridgehead atoms. The Labute approximate surface area is 135 Å². The van der Waals surface area contributed by atoms with Crippen molar-refractivity contribution in [3.05, 3.63) is 29.8 Å². The van der Waals surface area contributed by atoms with Crippen LogP contribution in [0.15, 0.2) is 24.3 Å². The third-order valence-corrected chi connectivity index (χ3v) is 5.08. The Morgan fingerprint density at radius 1 is 1.32 bits per heavy atom. The van der Waals surface area contributed by atoms with Gasteiger partial charge in [-0.15, -0.1) is 0 Å². The summed E-state index contributed by atoms with van der Waals surface area (Å²) in [7, 11) is 0. The van der Waals surface area contributed by atoms with Crippen molar-refractivity contribution >= 4 is 23.4 Å². The molecule has 2 fully saturated rings. The van der Waals surface area contributed by atoms with Gasteiger partial charge in [-0.05, 0) is 30.7 Å². The first-order chi connectivity index (χ1) is 10.8. The van der Waals surface area contributed by atoms with E-state index in [4.69, 9.17) is 5.26 Å². The van der Waals surface area contributed by atoms with E-state index in [0.29, 0.717) is 5.56 Å². The Morgan fingerprint density at radius 3 is 2.73 bits per heavy atom. The lowest BCUT2D eigenvalue weighted by Gasteiger charge is -2.28. The predicted molar refractivity (Wildman–Crippen MR) is 88.9 cm³/mol. The zero-order chi connectivity index (χ0) is 15.4. The van der Waals surface area contributed by atoms with Gasteiger partial charge in [-0.2, -0.15) is 17.0 Å². The second-order valence-corrected chi connectivity index (χ2v) is 6.89. The predicted octanol–water partition coefficient (Wildman–Crippen LogP) is 1.28. The van der Waals surface area contributed by atoms with Crippen molar-refractivity contribution in [2.75, 3.05) is 36.5 Å². The van der Waals surface area contributed by atoms with Gasteiger partial charge >= 0.3 is 0 Å². The van der Waals surface area contributed by atoms with Gasteiger partial charge in [0.2, 0.25) is 5.91 Å². The fourth-order valence-corrected chi connectivity index (χ4v) is 3.82. The van der Waals surface area contributed by atoms with Crippen molar-refractivity contribution in [2.45, 2.75) is 18.5 Å². The van der Waals surface area contributed by atoms with E-state index in [0.717, 1.165) is 43.2 Å². The van der Waals surface area contributed by atoms with Crippen LogP contribution in [-0.2, 0) is 4.79 Å². The van der Waals surface area contributed by atoms with E-state index >= 15 is 0 Å². The molecule has 2 N–H and O–H groups in total. The molecule has 0 aromatic heterocycles. The van der Waals surface area contributed by atoms with Gasteiger partial charge in [-0.1, -0.05) is 0 Å². The van der Waals surface area contributed by atoms with Crippen LogP contribution in [0.5, 0.6) is 0 Å². The molecule has 1 amide bonds. The Bertz CT molecular complexity index is 563. The quantitative estimate of drug-likeness (QED) is 0.879. The van der Waals surface area contributed by atoms with Crippen molar-refractivity contribution in [1.82, 2.24) is 10.2 Å². The number of benzene rings is 1. The molecule has 2 aliphatic rings. The van der Waals surface area contributed by atoms with Gasteiger partial charge in [-0.25, -0.2) is 0 Å². The maximum atomic E-state index is 12.5. The number of anilines is 1. The van der Waals surface area contributed by atoms with Crippen LogP contribution in [0.1, 0.15) is 12.0 Å². The molecule has 22 heavy (non-hydrogen) atoms. The zero-order valence-electron chi connectivity index (χ0n) is 12.4. The topological polar surface area (TPSA) is 68.2 Å². The molecule has 0 aliphatic carbocycles. The SMILES string of the molecule is N#Cc1ccc(N[C@@H]2CN[C@H](C(=O)N3CCSCC3)C2)cc1. The second-order valence-electron chi connectivity index (χ2n) is 5.66. The summed E-state index contributed by atoms with van der Waals surface area (Å²) in [5, 5.41) is 15.6. The minimum atomic E-state index is -0.0704. The number of hydrogen-bond donors (Lipinski definition) is 2. The van der Waals surface area contributed by atoms with E-state index in [1.165, 1.54) is 0 Å². The highest BCUT2D eigenvalue weighted by Gasteiger charge is 2.32. The Hall–Kier alpha value is -1.71. The van der Waals surface area contributed by atoms with Crippen LogP contribution >= 0.6 is 11.8 Å². The molecule has 1 aromatic carbocycles. The number of nitrogens with one attached hydrogen (secondary N) is 2. The summed E-state index contributed by atoms with van der Waals surface area (Å²) in [6.07, 6.45) is 0.808. The van der Waals surface area contributed by atoms with Crippen molar-refractivity contribution < 1.29 is 4.79 Å². The van der Waals surface area contributed by atoms with Crippen LogP contribution in [0.4, 0.5) is 5.69 Å². The molecule has 2 saturated heterocycles. The lowest BCUT2D eigenvalue weighted by molar-refractivity contribution is -0.132. The molecule has 0 spiro atoms. The molecule has 3 rings (SSSR count). The molecular formula is C16H20N4OS. The summed E-state index contributed by atoms with van der Waals surface area (Å²) in [5.74, 6) is 2.33. The van der Waals surface area contributed by atoms with Crippen LogP contribution in [0.25, 0.3) is 0 Å². The van der Waals surface area contributed by atoms with E-state index in [9.17, 15) is 4.79 Å². The van der Waals surface area contributed by atoms with Gasteiger partial charge in [0.15, 0.2) is 0 Å². The molecule has 0 saturated carbocycles. The number of nitrogens with zero attached hydrogens (tertiary/aromatic N) is 2. The standard InChI is InChI=1S/C16H20N4OS/c17-10-12-1-3-13(4-2-12)19-14-9-15(18-11-14)16(21)20-5-7-22-8-6-20/h1-4,14-15,18-19H,5-9,11H2/t14-,15-/m0/s1. The normalized spacial score (nSPS) is 24.8. The molecule has 0 radical (unpaired) electrons. The van der Waals surface area contributed by atoms with Crippen LogP contribution in [0.2, 0.25) is 0 Å². The third-order valence-electron chi connectivity index (χ3n) is 4.14. The number of thioether (sulfide) groups is 1. The van der Waals surface area contributed by atoms with E-state index < -0.39 is 0 Å². The number of amides is 1. The molecule has 2 aliphatic heterocycles. The van der Waals surface area contributed by atoms with Gasteiger partial charge in [0, 0.05) is 42.9 Å². The van der Waals surface area contributed by atoms with E-state index in [1.807, 2.05) is 28.8 Å². The summed E-state index contributed by atoms with van der Waals surface area (Å²) in [6.45, 7) is 2.53. The lowest BCUT2D eigenvalue weighted by Crippen LogP contribution is -2.46. The number of nitriles is 1. The number of hydrogen-bond acceptors (Lipinski definition) is 5. The van der Waals surface area contributed by atoms with Crippen LogP contribution < -0.4 is 10.6 Å². The Kier molecular flexibility index (Phi) is 4.86. The average Bonchev–Trinajstić information content (AvgIpc) is 3.04. The van der Waals surface area contributed by atoms with Crippen LogP contribution in [0.3, 0.4) is 0 Å². The molecular weight excluding hydrogens is 296 g/mol. The maximum absolute atomic E-state index is 12.5. The van der Waals surface area contributed by atoms with Crippen molar-refractivity contribution in [3.63, 3.8) is 0 Å². The van der Waals surface area contributed by atoms with Gasteiger partial charge in [0.25, 0.3) is 0 Å². The van der Waals surface area contributed by atoms with E-state index in [1.54, 1.807) is 12.1 Å². The van der Waals surface area contributed by atoms with Gasteiger partial charge in [0.05, 0.1) is 17.7 Å². The summed E-state index contributed by atoms with van der Waals surface area (Å²) in [6, 6.07) is 9.73. The summed E-state index contributed by atoms with van der Waals surface area (Å²) in [5.41, 5.74) is 1.65. The molecule has 5 nitrogen and oxygen atoms in total. The Balaban J connectivity index is 1.53. The largest absolute Gasteiger partial charge is 0.381 e. The minimum absolute atomic E-state index is 0.0704. The molecule has 0 unspecified atom stereocenters. The highest BCUT2D eigenvalue weighted by atomic mass is 32.2. The monoisotopic (exact) mass is 316 g/mol. The first-order valence-electron chi connectivity index (χ1n) is 7.63. The summed E-state index contributed by atoms with van der Waals surface area (Å²) < 4.78 is 0. The van der Waals surface area contributed by atoms with Crippen molar-refractivity contribution in [2.24, 2.45) is 0 Å². The summed E-state index contributed by atoms with van der Waals surface area (Å²) >= 11 is 1.91. The minimum Gasteiger partial charge on any atom is -0.381 e. The molecule has 2 atom stereocenters. The van der Waals surface area contributed by atoms with Crippen LogP contribution in [-0.4, -0.2) is 54.0 Å². The smallest absolute Gasteiger partial charge is 0.239 e. The highest BCUT2D eigenvalue weighted by molar-refractivity contribution is 7.99. The van der Waals surface area contributed by atoms with E-state index in [-0.39, 0.29) is 18.0 Å². The summed E-state index contributed by atoms with van der Waals surface area (Å²) in [4.78, 5) is 14.5. The lowest BCUT2D eigenvalue weighted by atomic mass is 10.1. The van der Waals surface area contributed by atoms with Gasteiger partial charge in [-0.3, -0.25) is 4.79 Å². The fourth-order valence-electron chi connectivity index (χ4n) is 2.91. The molecule has 116 valence electrons. The number of carbonyl (C=O) groups is 1. The van der Waals surface area contributed by atoms with Gasteiger partial charge in [0.1, 0.15) is 0 Å². The first-order valence-corrected chi connectivity index (χ1v) is 8.78.